The minimum atomic E-state index is -0.369. The van der Waals surface area contributed by atoms with Gasteiger partial charge >= 0.3 is 0 Å². The third-order valence-corrected chi connectivity index (χ3v) is 6.18. The number of aryl methyl sites for hydroxylation is 2. The number of rotatable bonds is 5. The van der Waals surface area contributed by atoms with Crippen LogP contribution in [0.2, 0.25) is 0 Å². The number of nitrogens with zero attached hydrogens (tertiary/aromatic N) is 3. The molecule has 0 spiro atoms. The minimum Gasteiger partial charge on any atom is -0.345 e. The molecule has 3 aromatic rings. The highest BCUT2D eigenvalue weighted by Gasteiger charge is 2.42. The summed E-state index contributed by atoms with van der Waals surface area (Å²) in [6.45, 7) is 4.38. The van der Waals surface area contributed by atoms with Gasteiger partial charge in [0.05, 0.1) is 32.8 Å². The van der Waals surface area contributed by atoms with Gasteiger partial charge < -0.3 is 11.1 Å². The zero-order valence-electron chi connectivity index (χ0n) is 16.1. The average molecular weight is 442 g/mol. The van der Waals surface area contributed by atoms with E-state index in [1.165, 1.54) is 0 Å². The van der Waals surface area contributed by atoms with Crippen LogP contribution in [0, 0.1) is 12.8 Å². The Morgan fingerprint density at radius 3 is 2.71 bits per heavy atom. The molecular formula is C19H25Cl2N5OS. The lowest BCUT2D eigenvalue weighted by atomic mass is 9.95. The molecule has 1 aliphatic carbocycles. The van der Waals surface area contributed by atoms with Crippen molar-refractivity contribution in [2.45, 2.75) is 32.2 Å². The number of carbonyl (C=O) groups is 1. The van der Waals surface area contributed by atoms with Crippen molar-refractivity contribution < 1.29 is 4.79 Å². The van der Waals surface area contributed by atoms with Gasteiger partial charge in [-0.2, -0.15) is 5.10 Å². The molecule has 1 saturated carbocycles. The van der Waals surface area contributed by atoms with Gasteiger partial charge in [0.1, 0.15) is 0 Å². The molecule has 3 heterocycles. The third-order valence-electron chi connectivity index (χ3n) is 5.29. The summed E-state index contributed by atoms with van der Waals surface area (Å²) in [5, 5.41) is 10.5. The Bertz CT molecular complexity index is 984. The highest BCUT2D eigenvalue weighted by Crippen LogP contribution is 2.39. The number of aromatic nitrogens is 3. The average Bonchev–Trinajstić information content (AvgIpc) is 3.27. The predicted octanol–water partition coefficient (Wildman–Crippen LogP) is 3.71. The molecular weight excluding hydrogens is 417 g/mol. The Kier molecular flexibility index (Phi) is 6.76. The van der Waals surface area contributed by atoms with Crippen LogP contribution in [0.4, 0.5) is 0 Å². The van der Waals surface area contributed by atoms with Gasteiger partial charge in [-0.15, -0.1) is 36.2 Å². The van der Waals surface area contributed by atoms with Gasteiger partial charge in [0.25, 0.3) is 5.91 Å². The fraction of sp³-hybridized carbons (Fsp3) is 0.421. The van der Waals surface area contributed by atoms with Gasteiger partial charge in [0.15, 0.2) is 5.65 Å². The molecule has 0 aromatic carbocycles. The molecule has 0 saturated heterocycles. The van der Waals surface area contributed by atoms with E-state index in [-0.39, 0.29) is 36.3 Å². The van der Waals surface area contributed by atoms with Gasteiger partial charge in [-0.05, 0) is 50.1 Å². The van der Waals surface area contributed by atoms with Crippen molar-refractivity contribution in [1.82, 2.24) is 20.1 Å². The Labute approximate surface area is 180 Å². The molecule has 6 nitrogen and oxygen atoms in total. The second-order valence-electron chi connectivity index (χ2n) is 7.29. The van der Waals surface area contributed by atoms with Crippen LogP contribution in [-0.2, 0) is 7.05 Å². The number of pyridine rings is 1. The van der Waals surface area contributed by atoms with Crippen molar-refractivity contribution in [3.63, 3.8) is 0 Å². The summed E-state index contributed by atoms with van der Waals surface area (Å²) in [7, 11) is 1.86. The summed E-state index contributed by atoms with van der Waals surface area (Å²) >= 11 is 1.61. The highest BCUT2D eigenvalue weighted by atomic mass is 35.5. The van der Waals surface area contributed by atoms with E-state index in [9.17, 15) is 4.79 Å². The molecule has 1 unspecified atom stereocenters. The zero-order valence-corrected chi connectivity index (χ0v) is 18.5. The number of thiophene rings is 1. The molecule has 0 radical (unpaired) electrons. The van der Waals surface area contributed by atoms with Crippen LogP contribution in [0.3, 0.4) is 0 Å². The number of halogens is 2. The van der Waals surface area contributed by atoms with Crippen LogP contribution in [0.1, 0.15) is 35.8 Å². The van der Waals surface area contributed by atoms with Crippen LogP contribution in [0.5, 0.6) is 0 Å². The van der Waals surface area contributed by atoms with Crippen molar-refractivity contribution in [3.05, 3.63) is 34.8 Å². The maximum atomic E-state index is 13.2. The maximum Gasteiger partial charge on any atom is 0.252 e. The normalized spacial score (nSPS) is 15.4. The molecule has 28 heavy (non-hydrogen) atoms. The van der Waals surface area contributed by atoms with Crippen LogP contribution in [0.15, 0.2) is 23.6 Å². The van der Waals surface area contributed by atoms with Crippen LogP contribution in [0.25, 0.3) is 21.6 Å². The molecule has 0 aliphatic heterocycles. The van der Waals surface area contributed by atoms with Gasteiger partial charge in [-0.25, -0.2) is 4.98 Å². The topological polar surface area (TPSA) is 85.8 Å². The molecule has 152 valence electrons. The fourth-order valence-electron chi connectivity index (χ4n) is 3.54. The van der Waals surface area contributed by atoms with Gasteiger partial charge in [-0.3, -0.25) is 9.48 Å². The van der Waals surface area contributed by atoms with E-state index in [0.717, 1.165) is 40.1 Å². The SMILES string of the molecule is Cc1nn(C)c2nc(-c3cccs3)cc(C(=O)NC(C)(CN)C3CC3)c12.Cl.Cl. The first-order valence-corrected chi connectivity index (χ1v) is 9.71. The number of nitrogens with two attached hydrogens (primary N) is 1. The number of nitrogens with one attached hydrogen (secondary N) is 1. The van der Waals surface area contributed by atoms with Crippen molar-refractivity contribution >= 4 is 53.1 Å². The number of hydrogen-bond donors (Lipinski definition) is 2. The first kappa shape index (κ1) is 22.6. The Morgan fingerprint density at radius 1 is 1.43 bits per heavy atom. The summed E-state index contributed by atoms with van der Waals surface area (Å²) in [4.78, 5) is 19.0. The maximum absolute atomic E-state index is 13.2. The number of carbonyl (C=O) groups excluding carboxylic acids is 1. The molecule has 9 heteroatoms. The van der Waals surface area contributed by atoms with Gasteiger partial charge in [-0.1, -0.05) is 6.07 Å². The Balaban J connectivity index is 0.00000140. The summed E-state index contributed by atoms with van der Waals surface area (Å²) in [6, 6.07) is 5.87. The molecule has 1 amide bonds. The molecule has 1 atom stereocenters. The fourth-order valence-corrected chi connectivity index (χ4v) is 4.23. The standard InChI is InChI=1S/C19H23N5OS.2ClH/c1-11-16-13(18(25)22-19(2,10-20)12-6-7-12)9-14(15-5-4-8-26-15)21-17(16)24(3)23-11;;/h4-5,8-9,12H,6-7,10,20H2,1-3H3,(H,22,25);2*1H. The lowest BCUT2D eigenvalue weighted by Gasteiger charge is -2.29. The lowest BCUT2D eigenvalue weighted by Crippen LogP contribution is -2.53. The van der Waals surface area contributed by atoms with Crippen molar-refractivity contribution in [2.75, 3.05) is 6.54 Å². The van der Waals surface area contributed by atoms with E-state index in [2.05, 4.69) is 10.4 Å². The predicted molar refractivity (Wildman–Crippen MR) is 119 cm³/mol. The quantitative estimate of drug-likeness (QED) is 0.631. The van der Waals surface area contributed by atoms with E-state index in [0.29, 0.717) is 18.0 Å². The van der Waals surface area contributed by atoms with Crippen LogP contribution < -0.4 is 11.1 Å². The van der Waals surface area contributed by atoms with E-state index in [4.69, 9.17) is 10.7 Å². The first-order valence-electron chi connectivity index (χ1n) is 8.84. The number of amides is 1. The van der Waals surface area contributed by atoms with E-state index < -0.39 is 0 Å². The second-order valence-corrected chi connectivity index (χ2v) is 8.24. The summed E-state index contributed by atoms with van der Waals surface area (Å²) in [5.74, 6) is 0.353. The largest absolute Gasteiger partial charge is 0.345 e. The monoisotopic (exact) mass is 441 g/mol. The van der Waals surface area contributed by atoms with Gasteiger partial charge in [0.2, 0.25) is 0 Å². The summed E-state index contributed by atoms with van der Waals surface area (Å²) in [5.41, 5.74) is 8.55. The second kappa shape index (κ2) is 8.37. The third kappa shape index (κ3) is 3.89. The Hall–Kier alpha value is -1.67. The molecule has 4 rings (SSSR count). The Morgan fingerprint density at radius 2 is 2.14 bits per heavy atom. The highest BCUT2D eigenvalue weighted by molar-refractivity contribution is 7.13. The minimum absolute atomic E-state index is 0. The first-order chi connectivity index (χ1) is 12.4. The molecule has 3 N–H and O–H groups in total. The van der Waals surface area contributed by atoms with Crippen molar-refractivity contribution in [1.29, 1.82) is 0 Å². The van der Waals surface area contributed by atoms with E-state index in [1.807, 2.05) is 44.5 Å². The van der Waals surface area contributed by atoms with Crippen molar-refractivity contribution in [3.8, 4) is 10.6 Å². The zero-order chi connectivity index (χ0) is 18.5. The molecule has 1 fully saturated rings. The number of hydrogen-bond acceptors (Lipinski definition) is 5. The lowest BCUT2D eigenvalue weighted by molar-refractivity contribution is 0.0899. The van der Waals surface area contributed by atoms with Crippen LogP contribution >= 0.6 is 36.2 Å². The molecule has 0 bridgehead atoms. The smallest absolute Gasteiger partial charge is 0.252 e. The van der Waals surface area contributed by atoms with E-state index >= 15 is 0 Å². The van der Waals surface area contributed by atoms with Gasteiger partial charge in [0, 0.05) is 13.6 Å². The summed E-state index contributed by atoms with van der Waals surface area (Å²) < 4.78 is 1.74. The van der Waals surface area contributed by atoms with E-state index in [1.54, 1.807) is 16.0 Å². The van der Waals surface area contributed by atoms with Crippen molar-refractivity contribution in [2.24, 2.45) is 18.7 Å². The van der Waals surface area contributed by atoms with Crippen LogP contribution in [-0.4, -0.2) is 32.8 Å². The molecule has 1 aliphatic rings. The number of fused-ring (bicyclic) bond motifs is 1. The summed E-state index contributed by atoms with van der Waals surface area (Å²) in [6.07, 6.45) is 2.23. The molecule has 3 aromatic heterocycles.